The first-order valence-electron chi connectivity index (χ1n) is 6.90. The maximum atomic E-state index is 12.0. The average Bonchev–Trinajstić information content (AvgIpc) is 2.76. The fourth-order valence-corrected chi connectivity index (χ4v) is 3.01. The molecule has 3 nitrogen and oxygen atoms in total. The summed E-state index contributed by atoms with van der Waals surface area (Å²) in [5, 5.41) is 6.40. The van der Waals surface area contributed by atoms with E-state index in [0.717, 1.165) is 19.5 Å². The minimum atomic E-state index is 0. The minimum absolute atomic E-state index is 0. The SMILES string of the molecule is Cl.O=C(NC1CCCC1c1ccccc1)C1CNC1. The summed E-state index contributed by atoms with van der Waals surface area (Å²) >= 11 is 0. The van der Waals surface area contributed by atoms with Crippen LogP contribution in [0.2, 0.25) is 0 Å². The van der Waals surface area contributed by atoms with Crippen molar-refractivity contribution >= 4 is 18.3 Å². The Hall–Kier alpha value is -1.06. The van der Waals surface area contributed by atoms with Gasteiger partial charge in [-0.25, -0.2) is 0 Å². The zero-order valence-corrected chi connectivity index (χ0v) is 11.8. The Morgan fingerprint density at radius 1 is 1.16 bits per heavy atom. The summed E-state index contributed by atoms with van der Waals surface area (Å²) in [6.45, 7) is 1.68. The lowest BCUT2D eigenvalue weighted by atomic mass is 9.93. The highest BCUT2D eigenvalue weighted by atomic mass is 35.5. The molecule has 1 saturated heterocycles. The van der Waals surface area contributed by atoms with Crippen LogP contribution in [0.5, 0.6) is 0 Å². The molecule has 0 spiro atoms. The van der Waals surface area contributed by atoms with E-state index in [1.165, 1.54) is 18.4 Å². The van der Waals surface area contributed by atoms with Crippen molar-refractivity contribution in [2.24, 2.45) is 5.92 Å². The van der Waals surface area contributed by atoms with E-state index in [9.17, 15) is 4.79 Å². The van der Waals surface area contributed by atoms with Crippen molar-refractivity contribution in [3.8, 4) is 0 Å². The number of nitrogens with one attached hydrogen (secondary N) is 2. The molecular formula is C15H21ClN2O. The molecule has 2 N–H and O–H groups in total. The molecule has 1 aromatic carbocycles. The third-order valence-corrected chi connectivity index (χ3v) is 4.22. The van der Waals surface area contributed by atoms with Crippen molar-refractivity contribution < 1.29 is 4.79 Å². The Morgan fingerprint density at radius 2 is 1.89 bits per heavy atom. The van der Waals surface area contributed by atoms with Crippen molar-refractivity contribution in [1.82, 2.24) is 10.6 Å². The molecular weight excluding hydrogens is 260 g/mol. The summed E-state index contributed by atoms with van der Waals surface area (Å²) in [6.07, 6.45) is 3.52. The highest BCUT2D eigenvalue weighted by Gasteiger charge is 2.33. The van der Waals surface area contributed by atoms with Gasteiger partial charge in [-0.3, -0.25) is 4.79 Å². The number of halogens is 1. The molecule has 19 heavy (non-hydrogen) atoms. The van der Waals surface area contributed by atoms with Crippen molar-refractivity contribution in [3.63, 3.8) is 0 Å². The summed E-state index contributed by atoms with van der Waals surface area (Å²) in [5.74, 6) is 0.937. The van der Waals surface area contributed by atoms with E-state index in [0.29, 0.717) is 12.0 Å². The van der Waals surface area contributed by atoms with Crippen LogP contribution < -0.4 is 10.6 Å². The zero-order valence-electron chi connectivity index (χ0n) is 11.0. The molecule has 1 aromatic rings. The van der Waals surface area contributed by atoms with Gasteiger partial charge in [0.05, 0.1) is 5.92 Å². The first kappa shape index (κ1) is 14.4. The summed E-state index contributed by atoms with van der Waals surface area (Å²) < 4.78 is 0. The Labute approximate surface area is 120 Å². The smallest absolute Gasteiger partial charge is 0.225 e. The van der Waals surface area contributed by atoms with Gasteiger partial charge in [-0.1, -0.05) is 36.8 Å². The van der Waals surface area contributed by atoms with Gasteiger partial charge >= 0.3 is 0 Å². The number of amides is 1. The van der Waals surface area contributed by atoms with Gasteiger partial charge in [0.2, 0.25) is 5.91 Å². The van der Waals surface area contributed by atoms with Gasteiger partial charge in [-0.15, -0.1) is 12.4 Å². The van der Waals surface area contributed by atoms with Crippen LogP contribution in [-0.2, 0) is 4.79 Å². The first-order chi connectivity index (χ1) is 8.84. The van der Waals surface area contributed by atoms with Gasteiger partial charge in [0.1, 0.15) is 0 Å². The standard InChI is InChI=1S/C15H20N2O.ClH/c18-15(12-9-16-10-12)17-14-8-4-7-13(14)11-5-2-1-3-6-11;/h1-3,5-6,12-14,16H,4,7-10H2,(H,17,18);1H. The normalized spacial score (nSPS) is 26.3. The monoisotopic (exact) mass is 280 g/mol. The van der Waals surface area contributed by atoms with Crippen molar-refractivity contribution in [2.75, 3.05) is 13.1 Å². The number of rotatable bonds is 3. The van der Waals surface area contributed by atoms with Crippen LogP contribution in [-0.4, -0.2) is 25.0 Å². The molecule has 4 heteroatoms. The molecule has 1 aliphatic carbocycles. The van der Waals surface area contributed by atoms with Crippen molar-refractivity contribution in [1.29, 1.82) is 0 Å². The molecule has 2 fully saturated rings. The first-order valence-corrected chi connectivity index (χ1v) is 6.90. The summed E-state index contributed by atoms with van der Waals surface area (Å²) in [7, 11) is 0. The molecule has 2 aliphatic rings. The van der Waals surface area contributed by atoms with E-state index in [2.05, 4.69) is 34.9 Å². The van der Waals surface area contributed by atoms with Gasteiger partial charge in [0.15, 0.2) is 0 Å². The van der Waals surface area contributed by atoms with Crippen LogP contribution in [0.3, 0.4) is 0 Å². The second-order valence-electron chi connectivity index (χ2n) is 5.42. The Morgan fingerprint density at radius 3 is 2.53 bits per heavy atom. The number of carbonyl (C=O) groups excluding carboxylic acids is 1. The van der Waals surface area contributed by atoms with Crippen LogP contribution in [0.1, 0.15) is 30.7 Å². The highest BCUT2D eigenvalue weighted by Crippen LogP contribution is 2.34. The molecule has 2 unspecified atom stereocenters. The van der Waals surface area contributed by atoms with Crippen molar-refractivity contribution in [3.05, 3.63) is 35.9 Å². The molecule has 1 saturated carbocycles. The molecule has 1 heterocycles. The summed E-state index contributed by atoms with van der Waals surface area (Å²) in [5.41, 5.74) is 1.37. The molecule has 0 radical (unpaired) electrons. The summed E-state index contributed by atoms with van der Waals surface area (Å²) in [4.78, 5) is 12.0. The lowest BCUT2D eigenvalue weighted by molar-refractivity contribution is -0.127. The van der Waals surface area contributed by atoms with Crippen molar-refractivity contribution in [2.45, 2.75) is 31.2 Å². The van der Waals surface area contributed by atoms with E-state index in [4.69, 9.17) is 0 Å². The van der Waals surface area contributed by atoms with E-state index in [1.807, 2.05) is 6.07 Å². The molecule has 1 amide bonds. The fourth-order valence-electron chi connectivity index (χ4n) is 3.01. The quantitative estimate of drug-likeness (QED) is 0.890. The third kappa shape index (κ3) is 3.10. The second-order valence-corrected chi connectivity index (χ2v) is 5.42. The van der Waals surface area contributed by atoms with Crippen LogP contribution in [0.15, 0.2) is 30.3 Å². The second kappa shape index (κ2) is 6.40. The predicted octanol–water partition coefficient (Wildman–Crippen LogP) is 2.08. The lowest BCUT2D eigenvalue weighted by Crippen LogP contribution is -2.53. The van der Waals surface area contributed by atoms with Gasteiger partial charge in [0, 0.05) is 25.0 Å². The van der Waals surface area contributed by atoms with Crippen LogP contribution in [0.25, 0.3) is 0 Å². The van der Waals surface area contributed by atoms with Crippen LogP contribution in [0, 0.1) is 5.92 Å². The molecule has 2 atom stereocenters. The maximum Gasteiger partial charge on any atom is 0.225 e. The van der Waals surface area contributed by atoms with Gasteiger partial charge < -0.3 is 10.6 Å². The van der Waals surface area contributed by atoms with Gasteiger partial charge in [-0.05, 0) is 18.4 Å². The number of benzene rings is 1. The average molecular weight is 281 g/mol. The largest absolute Gasteiger partial charge is 0.352 e. The topological polar surface area (TPSA) is 41.1 Å². The third-order valence-electron chi connectivity index (χ3n) is 4.22. The van der Waals surface area contributed by atoms with Crippen LogP contribution >= 0.6 is 12.4 Å². The number of hydrogen-bond acceptors (Lipinski definition) is 2. The summed E-state index contributed by atoms with van der Waals surface area (Å²) in [6, 6.07) is 10.9. The molecule has 104 valence electrons. The predicted molar refractivity (Wildman–Crippen MR) is 78.6 cm³/mol. The molecule has 0 bridgehead atoms. The lowest BCUT2D eigenvalue weighted by Gasteiger charge is -2.29. The van der Waals surface area contributed by atoms with Gasteiger partial charge in [0.25, 0.3) is 0 Å². The van der Waals surface area contributed by atoms with E-state index < -0.39 is 0 Å². The Kier molecular flexibility index (Phi) is 4.83. The Balaban J connectivity index is 0.00000133. The molecule has 1 aliphatic heterocycles. The molecule has 3 rings (SSSR count). The minimum Gasteiger partial charge on any atom is -0.352 e. The number of carbonyl (C=O) groups is 1. The van der Waals surface area contributed by atoms with Gasteiger partial charge in [-0.2, -0.15) is 0 Å². The van der Waals surface area contributed by atoms with E-state index in [1.54, 1.807) is 0 Å². The van der Waals surface area contributed by atoms with E-state index >= 15 is 0 Å². The maximum absolute atomic E-state index is 12.0. The fraction of sp³-hybridized carbons (Fsp3) is 0.533. The van der Waals surface area contributed by atoms with E-state index in [-0.39, 0.29) is 24.2 Å². The zero-order chi connectivity index (χ0) is 12.4. The number of hydrogen-bond donors (Lipinski definition) is 2. The molecule has 0 aromatic heterocycles. The highest BCUT2D eigenvalue weighted by molar-refractivity contribution is 5.85. The van der Waals surface area contributed by atoms with Crippen LogP contribution in [0.4, 0.5) is 0 Å². The Bertz CT molecular complexity index is 419.